The van der Waals surface area contributed by atoms with Crippen LogP contribution in [0.4, 0.5) is 0 Å². The van der Waals surface area contributed by atoms with E-state index in [0.29, 0.717) is 11.3 Å². The number of H-pyrrole nitrogens is 1. The van der Waals surface area contributed by atoms with Gasteiger partial charge in [-0.1, -0.05) is 31.2 Å². The number of hydrogen-bond donors (Lipinski definition) is 1. The first kappa shape index (κ1) is 13.3. The third kappa shape index (κ3) is 2.34. The number of aromatic nitrogens is 2. The summed E-state index contributed by atoms with van der Waals surface area (Å²) in [5, 5.41) is 1.90. The second kappa shape index (κ2) is 5.34. The van der Waals surface area contributed by atoms with Crippen molar-refractivity contribution in [1.82, 2.24) is 9.55 Å². The van der Waals surface area contributed by atoms with Crippen LogP contribution in [-0.4, -0.2) is 9.55 Å². The largest absolute Gasteiger partial charge is 0.331 e. The summed E-state index contributed by atoms with van der Waals surface area (Å²) >= 11 is 6.74. The van der Waals surface area contributed by atoms with Crippen molar-refractivity contribution in [2.24, 2.45) is 0 Å². The van der Waals surface area contributed by atoms with Gasteiger partial charge in [0.1, 0.15) is 4.70 Å². The first-order chi connectivity index (χ1) is 9.69. The van der Waals surface area contributed by atoms with Crippen molar-refractivity contribution in [2.75, 3.05) is 0 Å². The smallest absolute Gasteiger partial charge is 0.272 e. The summed E-state index contributed by atoms with van der Waals surface area (Å²) < 4.78 is 2.82. The maximum atomic E-state index is 12.4. The number of rotatable bonds is 3. The third-order valence-corrected chi connectivity index (χ3v) is 4.59. The van der Waals surface area contributed by atoms with Gasteiger partial charge in [-0.05, 0) is 41.2 Å². The molecule has 0 radical (unpaired) electrons. The fraction of sp³-hybridized carbons (Fsp3) is 0.200. The molecule has 0 spiro atoms. The van der Waals surface area contributed by atoms with Crippen molar-refractivity contribution in [2.45, 2.75) is 19.9 Å². The van der Waals surface area contributed by atoms with E-state index in [-0.39, 0.29) is 5.56 Å². The highest BCUT2D eigenvalue weighted by molar-refractivity contribution is 7.71. The Balaban J connectivity index is 2.05. The van der Waals surface area contributed by atoms with Gasteiger partial charge in [0.2, 0.25) is 0 Å². The molecule has 102 valence electrons. The van der Waals surface area contributed by atoms with Crippen LogP contribution >= 0.6 is 23.6 Å². The lowest BCUT2D eigenvalue weighted by Crippen LogP contribution is -2.21. The molecule has 0 aliphatic heterocycles. The lowest BCUT2D eigenvalue weighted by molar-refractivity contribution is 0.735. The van der Waals surface area contributed by atoms with E-state index >= 15 is 0 Å². The van der Waals surface area contributed by atoms with Gasteiger partial charge in [0.25, 0.3) is 5.56 Å². The van der Waals surface area contributed by atoms with E-state index in [1.807, 2.05) is 11.4 Å². The molecule has 5 heteroatoms. The van der Waals surface area contributed by atoms with E-state index < -0.39 is 0 Å². The van der Waals surface area contributed by atoms with Gasteiger partial charge in [-0.2, -0.15) is 0 Å². The fourth-order valence-corrected chi connectivity index (χ4v) is 3.23. The zero-order chi connectivity index (χ0) is 14.1. The van der Waals surface area contributed by atoms with Crippen LogP contribution in [0.25, 0.3) is 10.2 Å². The van der Waals surface area contributed by atoms with E-state index in [4.69, 9.17) is 12.2 Å². The van der Waals surface area contributed by atoms with E-state index in [2.05, 4.69) is 36.2 Å². The average Bonchev–Trinajstić information content (AvgIpc) is 2.92. The molecule has 0 aliphatic carbocycles. The Morgan fingerprint density at radius 2 is 1.90 bits per heavy atom. The van der Waals surface area contributed by atoms with Gasteiger partial charge in [-0.25, -0.2) is 0 Å². The van der Waals surface area contributed by atoms with Crippen LogP contribution in [-0.2, 0) is 13.0 Å². The van der Waals surface area contributed by atoms with Crippen molar-refractivity contribution >= 4 is 33.8 Å². The van der Waals surface area contributed by atoms with Crippen LogP contribution in [0, 0.1) is 4.77 Å². The van der Waals surface area contributed by atoms with Crippen molar-refractivity contribution in [3.8, 4) is 0 Å². The number of aryl methyl sites for hydroxylation is 1. The lowest BCUT2D eigenvalue weighted by Gasteiger charge is -2.07. The molecule has 0 saturated carbocycles. The van der Waals surface area contributed by atoms with E-state index in [9.17, 15) is 4.79 Å². The Labute approximate surface area is 125 Å². The van der Waals surface area contributed by atoms with Gasteiger partial charge in [0.05, 0.1) is 12.1 Å². The molecule has 0 aliphatic rings. The third-order valence-electron chi connectivity index (χ3n) is 3.36. The summed E-state index contributed by atoms with van der Waals surface area (Å²) in [5.74, 6) is 0. The fourth-order valence-electron chi connectivity index (χ4n) is 2.18. The number of nitrogens with one attached hydrogen (secondary N) is 1. The molecule has 0 saturated heterocycles. The molecule has 1 aromatic carbocycles. The molecule has 0 bridgehead atoms. The number of benzene rings is 1. The minimum absolute atomic E-state index is 0.0154. The SMILES string of the molecule is CCc1ccc(Cn2c(=S)[nH]c3ccsc3c2=O)cc1. The van der Waals surface area contributed by atoms with Crippen LogP contribution in [0.5, 0.6) is 0 Å². The zero-order valence-electron chi connectivity index (χ0n) is 11.1. The first-order valence-electron chi connectivity index (χ1n) is 6.47. The summed E-state index contributed by atoms with van der Waals surface area (Å²) in [7, 11) is 0. The Hall–Kier alpha value is -1.72. The molecule has 3 nitrogen and oxygen atoms in total. The minimum atomic E-state index is -0.0154. The molecule has 2 aromatic heterocycles. The standard InChI is InChI=1S/C15H14N2OS2/c1-2-10-3-5-11(6-4-10)9-17-14(18)13-12(7-8-20-13)16-15(17)19/h3-8H,2,9H2,1H3,(H,16,19). The summed E-state index contributed by atoms with van der Waals surface area (Å²) in [5.41, 5.74) is 3.18. The number of aromatic amines is 1. The predicted octanol–water partition coefficient (Wildman–Crippen LogP) is 3.73. The second-order valence-electron chi connectivity index (χ2n) is 4.65. The number of nitrogens with zero attached hydrogens (tertiary/aromatic N) is 1. The Bertz CT molecular complexity index is 856. The molecule has 3 rings (SSSR count). The second-order valence-corrected chi connectivity index (χ2v) is 5.96. The van der Waals surface area contributed by atoms with Gasteiger partial charge in [-0.15, -0.1) is 11.3 Å². The topological polar surface area (TPSA) is 37.8 Å². The normalized spacial score (nSPS) is 11.1. The monoisotopic (exact) mass is 302 g/mol. The first-order valence-corrected chi connectivity index (χ1v) is 7.76. The van der Waals surface area contributed by atoms with Crippen molar-refractivity contribution in [3.05, 3.63) is 62.0 Å². The number of fused-ring (bicyclic) bond motifs is 1. The van der Waals surface area contributed by atoms with E-state index in [1.165, 1.54) is 16.9 Å². The Kier molecular flexibility index (Phi) is 3.54. The molecular formula is C15H14N2OS2. The highest BCUT2D eigenvalue weighted by Crippen LogP contribution is 2.14. The van der Waals surface area contributed by atoms with Crippen molar-refractivity contribution < 1.29 is 0 Å². The molecule has 2 heterocycles. The molecule has 1 N–H and O–H groups in total. The summed E-state index contributed by atoms with van der Waals surface area (Å²) in [6, 6.07) is 10.2. The van der Waals surface area contributed by atoms with Crippen LogP contribution in [0.1, 0.15) is 18.1 Å². The zero-order valence-corrected chi connectivity index (χ0v) is 12.7. The highest BCUT2D eigenvalue weighted by Gasteiger charge is 2.07. The van der Waals surface area contributed by atoms with Crippen LogP contribution in [0.2, 0.25) is 0 Å². The van der Waals surface area contributed by atoms with Gasteiger partial charge in [-0.3, -0.25) is 9.36 Å². The molecule has 0 atom stereocenters. The van der Waals surface area contributed by atoms with Gasteiger partial charge in [0, 0.05) is 0 Å². The maximum absolute atomic E-state index is 12.4. The minimum Gasteiger partial charge on any atom is -0.331 e. The molecule has 3 aromatic rings. The maximum Gasteiger partial charge on any atom is 0.272 e. The Morgan fingerprint density at radius 1 is 1.20 bits per heavy atom. The van der Waals surface area contributed by atoms with Crippen LogP contribution in [0.15, 0.2) is 40.5 Å². The molecule has 0 fully saturated rings. The van der Waals surface area contributed by atoms with Crippen LogP contribution in [0.3, 0.4) is 0 Å². The molecule has 0 amide bonds. The van der Waals surface area contributed by atoms with E-state index in [1.54, 1.807) is 4.57 Å². The highest BCUT2D eigenvalue weighted by atomic mass is 32.1. The van der Waals surface area contributed by atoms with Crippen molar-refractivity contribution in [1.29, 1.82) is 0 Å². The number of thiophene rings is 1. The summed E-state index contributed by atoms with van der Waals surface area (Å²) in [6.07, 6.45) is 1.02. The number of hydrogen-bond acceptors (Lipinski definition) is 3. The molecule has 0 unspecified atom stereocenters. The summed E-state index contributed by atoms with van der Waals surface area (Å²) in [4.78, 5) is 15.5. The quantitative estimate of drug-likeness (QED) is 0.749. The molecule has 20 heavy (non-hydrogen) atoms. The lowest BCUT2D eigenvalue weighted by atomic mass is 10.1. The van der Waals surface area contributed by atoms with Gasteiger partial charge >= 0.3 is 0 Å². The van der Waals surface area contributed by atoms with Gasteiger partial charge < -0.3 is 4.98 Å². The van der Waals surface area contributed by atoms with Crippen LogP contribution < -0.4 is 5.56 Å². The average molecular weight is 302 g/mol. The molecular weight excluding hydrogens is 288 g/mol. The van der Waals surface area contributed by atoms with Crippen molar-refractivity contribution in [3.63, 3.8) is 0 Å². The predicted molar refractivity (Wildman–Crippen MR) is 86.2 cm³/mol. The van der Waals surface area contributed by atoms with Gasteiger partial charge in [0.15, 0.2) is 4.77 Å². The summed E-state index contributed by atoms with van der Waals surface area (Å²) in [6.45, 7) is 2.63. The van der Waals surface area contributed by atoms with E-state index in [0.717, 1.165) is 22.2 Å². The Morgan fingerprint density at radius 3 is 2.60 bits per heavy atom.